The summed E-state index contributed by atoms with van der Waals surface area (Å²) in [5.41, 5.74) is 2.55. The Morgan fingerprint density at radius 2 is 1.74 bits per heavy atom. The van der Waals surface area contributed by atoms with Crippen LogP contribution < -0.4 is 14.5 Å². The molecule has 0 aromatic heterocycles. The maximum absolute atomic E-state index is 5.92. The van der Waals surface area contributed by atoms with Gasteiger partial charge >= 0.3 is 0 Å². The molecule has 3 heteroatoms. The average molecular weight is 264 g/mol. The van der Waals surface area contributed by atoms with Crippen LogP contribution in [0.1, 0.15) is 18.1 Å². The number of rotatable bonds is 5. The molecule has 0 unspecified atom stereocenters. The zero-order chi connectivity index (χ0) is 13.7. The minimum Gasteiger partial charge on any atom is -0.487 e. The van der Waals surface area contributed by atoms with Crippen molar-refractivity contribution in [1.82, 2.24) is 0 Å². The maximum atomic E-state index is 5.92. The largest absolute Gasteiger partial charge is 0.487 e. The van der Waals surface area contributed by atoms with Gasteiger partial charge in [0.1, 0.15) is 45.1 Å². The fourth-order valence-electron chi connectivity index (χ4n) is 2.83. The molecule has 0 aliphatic carbocycles. The third kappa shape index (κ3) is 4.22. The minimum absolute atomic E-state index is 0.834. The van der Waals surface area contributed by atoms with Crippen molar-refractivity contribution in [1.29, 1.82) is 0 Å². The van der Waals surface area contributed by atoms with Gasteiger partial charge < -0.3 is 14.5 Å². The third-order valence-electron chi connectivity index (χ3n) is 4.21. The van der Waals surface area contributed by atoms with E-state index in [1.54, 1.807) is 9.80 Å². The first-order chi connectivity index (χ1) is 9.19. The van der Waals surface area contributed by atoms with Gasteiger partial charge in [0.25, 0.3) is 0 Å². The molecule has 0 saturated carbocycles. The highest BCUT2D eigenvalue weighted by atomic mass is 16.5. The number of ether oxygens (including phenoxy) is 1. The first-order valence-corrected chi connectivity index (χ1v) is 7.56. The summed E-state index contributed by atoms with van der Waals surface area (Å²) >= 11 is 0. The number of hydrogen-bond acceptors (Lipinski definition) is 1. The van der Waals surface area contributed by atoms with Crippen molar-refractivity contribution in [3.8, 4) is 5.75 Å². The van der Waals surface area contributed by atoms with Crippen molar-refractivity contribution in [2.24, 2.45) is 0 Å². The van der Waals surface area contributed by atoms with E-state index in [0.29, 0.717) is 0 Å². The molecule has 3 nitrogen and oxygen atoms in total. The average Bonchev–Trinajstić information content (AvgIpc) is 2.42. The standard InChI is InChI=1S/C16H26N2O/c1-4-17-7-9-18(10-8-17)11-12-19-16-6-5-14(2)13-15(16)3/h5-6,13H,4,7-12H2,1-3H3/p+2. The Morgan fingerprint density at radius 1 is 1.05 bits per heavy atom. The van der Waals surface area contributed by atoms with Crippen LogP contribution >= 0.6 is 0 Å². The van der Waals surface area contributed by atoms with Crippen LogP contribution in [0.25, 0.3) is 0 Å². The molecule has 0 atom stereocenters. The van der Waals surface area contributed by atoms with Gasteiger partial charge in [-0.25, -0.2) is 0 Å². The fourth-order valence-corrected chi connectivity index (χ4v) is 2.83. The highest BCUT2D eigenvalue weighted by Crippen LogP contribution is 2.18. The van der Waals surface area contributed by atoms with Crippen molar-refractivity contribution in [2.75, 3.05) is 45.9 Å². The second kappa shape index (κ2) is 6.92. The molecule has 0 radical (unpaired) electrons. The second-order valence-corrected chi connectivity index (χ2v) is 5.72. The molecule has 1 aliphatic rings. The summed E-state index contributed by atoms with van der Waals surface area (Å²) in [6.45, 7) is 15.0. The molecule has 19 heavy (non-hydrogen) atoms. The third-order valence-corrected chi connectivity index (χ3v) is 4.21. The van der Waals surface area contributed by atoms with Crippen LogP contribution in [0.5, 0.6) is 5.75 Å². The molecule has 0 bridgehead atoms. The minimum atomic E-state index is 0.834. The van der Waals surface area contributed by atoms with E-state index < -0.39 is 0 Å². The summed E-state index contributed by atoms with van der Waals surface area (Å²) in [5.74, 6) is 1.04. The number of piperazine rings is 1. The lowest BCUT2D eigenvalue weighted by atomic mass is 10.1. The molecule has 0 spiro atoms. The molecular formula is C16H28N2O+2. The number of benzene rings is 1. The van der Waals surface area contributed by atoms with Gasteiger partial charge in [0.2, 0.25) is 0 Å². The van der Waals surface area contributed by atoms with Gasteiger partial charge in [0, 0.05) is 0 Å². The van der Waals surface area contributed by atoms with E-state index in [4.69, 9.17) is 4.74 Å². The topological polar surface area (TPSA) is 18.1 Å². The Kier molecular flexibility index (Phi) is 5.23. The Bertz CT molecular complexity index is 398. The van der Waals surface area contributed by atoms with E-state index in [1.165, 1.54) is 43.9 Å². The molecular weight excluding hydrogens is 236 g/mol. The zero-order valence-electron chi connectivity index (χ0n) is 12.6. The second-order valence-electron chi connectivity index (χ2n) is 5.72. The van der Waals surface area contributed by atoms with Crippen LogP contribution in [0, 0.1) is 13.8 Å². The molecule has 2 N–H and O–H groups in total. The van der Waals surface area contributed by atoms with Crippen molar-refractivity contribution in [3.05, 3.63) is 29.3 Å². The lowest BCUT2D eigenvalue weighted by Crippen LogP contribution is -3.28. The summed E-state index contributed by atoms with van der Waals surface area (Å²) in [4.78, 5) is 3.45. The number of likely N-dealkylation sites (N-methyl/N-ethyl adjacent to an activating group) is 1. The van der Waals surface area contributed by atoms with Gasteiger partial charge in [-0.2, -0.15) is 0 Å². The summed E-state index contributed by atoms with van der Waals surface area (Å²) in [5, 5.41) is 0. The zero-order valence-corrected chi connectivity index (χ0v) is 12.6. The SMILES string of the molecule is CC[NH+]1CC[NH+](CCOc2ccc(C)cc2C)CC1. The van der Waals surface area contributed by atoms with Crippen molar-refractivity contribution < 1.29 is 14.5 Å². The van der Waals surface area contributed by atoms with E-state index in [0.717, 1.165) is 18.9 Å². The lowest BCUT2D eigenvalue weighted by Gasteiger charge is -2.28. The Labute approximate surface area is 117 Å². The summed E-state index contributed by atoms with van der Waals surface area (Å²) in [7, 11) is 0. The van der Waals surface area contributed by atoms with Gasteiger partial charge in [-0.15, -0.1) is 0 Å². The summed E-state index contributed by atoms with van der Waals surface area (Å²) < 4.78 is 5.92. The highest BCUT2D eigenvalue weighted by molar-refractivity contribution is 5.35. The Hall–Kier alpha value is -1.06. The monoisotopic (exact) mass is 264 g/mol. The fraction of sp³-hybridized carbons (Fsp3) is 0.625. The van der Waals surface area contributed by atoms with E-state index in [-0.39, 0.29) is 0 Å². The van der Waals surface area contributed by atoms with Crippen LogP contribution in [0.3, 0.4) is 0 Å². The van der Waals surface area contributed by atoms with Gasteiger partial charge in [-0.3, -0.25) is 0 Å². The molecule has 0 amide bonds. The smallest absolute Gasteiger partial charge is 0.137 e. The first-order valence-electron chi connectivity index (χ1n) is 7.56. The molecule has 1 heterocycles. The van der Waals surface area contributed by atoms with Crippen molar-refractivity contribution >= 4 is 0 Å². The Morgan fingerprint density at radius 3 is 2.37 bits per heavy atom. The van der Waals surface area contributed by atoms with E-state index >= 15 is 0 Å². The highest BCUT2D eigenvalue weighted by Gasteiger charge is 2.21. The van der Waals surface area contributed by atoms with Gasteiger partial charge in [0.15, 0.2) is 0 Å². The normalized spacial score (nSPS) is 23.3. The van der Waals surface area contributed by atoms with Crippen LogP contribution in [0.15, 0.2) is 18.2 Å². The molecule has 1 aliphatic heterocycles. The van der Waals surface area contributed by atoms with E-state index in [9.17, 15) is 0 Å². The van der Waals surface area contributed by atoms with E-state index in [2.05, 4.69) is 39.0 Å². The molecule has 1 aromatic rings. The lowest BCUT2D eigenvalue weighted by molar-refractivity contribution is -1.01. The number of quaternary nitrogens is 2. The summed E-state index contributed by atoms with van der Waals surface area (Å²) in [6, 6.07) is 6.41. The van der Waals surface area contributed by atoms with Crippen LogP contribution in [-0.4, -0.2) is 45.9 Å². The molecule has 2 rings (SSSR count). The molecule has 1 aromatic carbocycles. The van der Waals surface area contributed by atoms with Gasteiger partial charge in [-0.05, 0) is 32.4 Å². The van der Waals surface area contributed by atoms with Crippen molar-refractivity contribution in [2.45, 2.75) is 20.8 Å². The predicted octanol–water partition coefficient (Wildman–Crippen LogP) is -0.514. The van der Waals surface area contributed by atoms with Gasteiger partial charge in [-0.1, -0.05) is 17.7 Å². The van der Waals surface area contributed by atoms with E-state index in [1.807, 2.05) is 0 Å². The molecule has 1 fully saturated rings. The number of hydrogen-bond donors (Lipinski definition) is 2. The Balaban J connectivity index is 1.72. The van der Waals surface area contributed by atoms with Crippen LogP contribution in [0.2, 0.25) is 0 Å². The van der Waals surface area contributed by atoms with Crippen LogP contribution in [-0.2, 0) is 0 Å². The van der Waals surface area contributed by atoms with Gasteiger partial charge in [0.05, 0.1) is 6.54 Å². The predicted molar refractivity (Wildman–Crippen MR) is 78.2 cm³/mol. The summed E-state index contributed by atoms with van der Waals surface area (Å²) in [6.07, 6.45) is 0. The maximum Gasteiger partial charge on any atom is 0.137 e. The number of aryl methyl sites for hydroxylation is 2. The molecule has 106 valence electrons. The first kappa shape index (κ1) is 14.4. The quantitative estimate of drug-likeness (QED) is 0.733. The van der Waals surface area contributed by atoms with Crippen LogP contribution in [0.4, 0.5) is 0 Å². The number of nitrogens with one attached hydrogen (secondary N) is 2. The molecule has 1 saturated heterocycles. The van der Waals surface area contributed by atoms with Crippen molar-refractivity contribution in [3.63, 3.8) is 0 Å².